The van der Waals surface area contributed by atoms with Crippen LogP contribution in [0.2, 0.25) is 5.02 Å². The fourth-order valence-corrected chi connectivity index (χ4v) is 2.67. The summed E-state index contributed by atoms with van der Waals surface area (Å²) in [5.41, 5.74) is -0.717. The van der Waals surface area contributed by atoms with Crippen LogP contribution >= 0.6 is 24.0 Å². The SMILES string of the molecule is COC1(C(=O)NCC(C)Oc2ccc(Cl)cc2)CCNCC1.Cl. The zero-order valence-electron chi connectivity index (χ0n) is 13.4. The Balaban J connectivity index is 0.00000264. The normalized spacial score (nSPS) is 17.7. The molecule has 0 bridgehead atoms. The summed E-state index contributed by atoms with van der Waals surface area (Å²) in [5.74, 6) is 0.664. The van der Waals surface area contributed by atoms with E-state index in [2.05, 4.69) is 10.6 Å². The van der Waals surface area contributed by atoms with Crippen LogP contribution in [0.3, 0.4) is 0 Å². The molecule has 0 aliphatic carbocycles. The quantitative estimate of drug-likeness (QED) is 0.815. The number of nitrogens with one attached hydrogen (secondary N) is 2. The molecular formula is C16H24Cl2N2O3. The number of hydrogen-bond acceptors (Lipinski definition) is 4. The lowest BCUT2D eigenvalue weighted by atomic mass is 9.91. The molecule has 2 N–H and O–H groups in total. The summed E-state index contributed by atoms with van der Waals surface area (Å²) in [4.78, 5) is 12.4. The van der Waals surface area contributed by atoms with Gasteiger partial charge in [0.05, 0.1) is 6.54 Å². The topological polar surface area (TPSA) is 59.6 Å². The van der Waals surface area contributed by atoms with Gasteiger partial charge in [-0.2, -0.15) is 0 Å². The fourth-order valence-electron chi connectivity index (χ4n) is 2.54. The van der Waals surface area contributed by atoms with Gasteiger partial charge in [-0.15, -0.1) is 12.4 Å². The van der Waals surface area contributed by atoms with Gasteiger partial charge >= 0.3 is 0 Å². The summed E-state index contributed by atoms with van der Waals surface area (Å²) >= 11 is 5.84. The molecule has 130 valence electrons. The van der Waals surface area contributed by atoms with E-state index in [1.165, 1.54) is 0 Å². The maximum absolute atomic E-state index is 12.4. The standard InChI is InChI=1S/C16H23ClN2O3.ClH/c1-12(22-14-5-3-13(17)4-6-14)11-19-15(20)16(21-2)7-9-18-10-8-16;/h3-6,12,18H,7-11H2,1-2H3,(H,19,20);1H. The van der Waals surface area contributed by atoms with Gasteiger partial charge in [0, 0.05) is 12.1 Å². The smallest absolute Gasteiger partial charge is 0.252 e. The Morgan fingerprint density at radius 3 is 2.52 bits per heavy atom. The van der Waals surface area contributed by atoms with Crippen LogP contribution in [0.25, 0.3) is 0 Å². The Labute approximate surface area is 148 Å². The molecule has 0 aromatic heterocycles. The number of carbonyl (C=O) groups excluding carboxylic acids is 1. The van der Waals surface area contributed by atoms with E-state index in [9.17, 15) is 4.79 Å². The number of piperidine rings is 1. The van der Waals surface area contributed by atoms with Crippen molar-refractivity contribution in [1.82, 2.24) is 10.6 Å². The molecule has 1 aliphatic rings. The van der Waals surface area contributed by atoms with Gasteiger partial charge in [0.1, 0.15) is 17.5 Å². The minimum atomic E-state index is -0.717. The number of amides is 1. The molecule has 1 heterocycles. The number of methoxy groups -OCH3 is 1. The van der Waals surface area contributed by atoms with Crippen molar-refractivity contribution in [3.8, 4) is 5.75 Å². The number of carbonyl (C=O) groups is 1. The number of rotatable bonds is 6. The predicted molar refractivity (Wildman–Crippen MR) is 93.6 cm³/mol. The van der Waals surface area contributed by atoms with Crippen molar-refractivity contribution >= 4 is 29.9 Å². The molecule has 23 heavy (non-hydrogen) atoms. The molecule has 1 aliphatic heterocycles. The van der Waals surface area contributed by atoms with Crippen LogP contribution in [0.5, 0.6) is 5.75 Å². The van der Waals surface area contributed by atoms with Gasteiger partial charge in [-0.25, -0.2) is 0 Å². The summed E-state index contributed by atoms with van der Waals surface area (Å²) in [7, 11) is 1.60. The van der Waals surface area contributed by atoms with Gasteiger partial charge in [0.15, 0.2) is 0 Å². The van der Waals surface area contributed by atoms with Crippen molar-refractivity contribution in [1.29, 1.82) is 0 Å². The summed E-state index contributed by atoms with van der Waals surface area (Å²) in [5, 5.41) is 6.84. The monoisotopic (exact) mass is 362 g/mol. The fraction of sp³-hybridized carbons (Fsp3) is 0.562. The molecular weight excluding hydrogens is 339 g/mol. The third kappa shape index (κ3) is 5.53. The third-order valence-corrected chi connectivity index (χ3v) is 4.17. The second kappa shape index (κ2) is 9.33. The lowest BCUT2D eigenvalue weighted by Crippen LogP contribution is -2.55. The minimum Gasteiger partial charge on any atom is -0.489 e. The van der Waals surface area contributed by atoms with E-state index in [4.69, 9.17) is 21.1 Å². The second-order valence-corrected chi connectivity index (χ2v) is 5.98. The number of ether oxygens (including phenoxy) is 2. The molecule has 1 unspecified atom stereocenters. The van der Waals surface area contributed by atoms with Gasteiger partial charge in [-0.1, -0.05) is 11.6 Å². The van der Waals surface area contributed by atoms with Gasteiger partial charge < -0.3 is 20.1 Å². The molecule has 7 heteroatoms. The van der Waals surface area contributed by atoms with E-state index in [1.807, 2.05) is 19.1 Å². The van der Waals surface area contributed by atoms with Gasteiger partial charge in [-0.05, 0) is 57.1 Å². The maximum atomic E-state index is 12.4. The average Bonchev–Trinajstić information content (AvgIpc) is 2.55. The first-order valence-corrected chi connectivity index (χ1v) is 7.90. The molecule has 1 saturated heterocycles. The van der Waals surface area contributed by atoms with E-state index in [0.29, 0.717) is 24.4 Å². The first-order chi connectivity index (χ1) is 10.6. The van der Waals surface area contributed by atoms with Crippen LogP contribution in [0.15, 0.2) is 24.3 Å². The highest BCUT2D eigenvalue weighted by molar-refractivity contribution is 6.30. The summed E-state index contributed by atoms with van der Waals surface area (Å²) in [6, 6.07) is 7.17. The molecule has 1 amide bonds. The second-order valence-electron chi connectivity index (χ2n) is 5.54. The summed E-state index contributed by atoms with van der Waals surface area (Å²) in [6.45, 7) is 3.92. The van der Waals surface area contributed by atoms with Crippen molar-refractivity contribution in [3.05, 3.63) is 29.3 Å². The average molecular weight is 363 g/mol. The van der Waals surface area contributed by atoms with Gasteiger partial charge in [0.2, 0.25) is 0 Å². The highest BCUT2D eigenvalue weighted by Gasteiger charge is 2.39. The van der Waals surface area contributed by atoms with E-state index < -0.39 is 5.60 Å². The van der Waals surface area contributed by atoms with E-state index in [0.717, 1.165) is 18.8 Å². The zero-order valence-corrected chi connectivity index (χ0v) is 15.0. The number of halogens is 2. The molecule has 1 aromatic carbocycles. The zero-order chi connectivity index (χ0) is 16.0. The van der Waals surface area contributed by atoms with Crippen molar-refractivity contribution in [3.63, 3.8) is 0 Å². The maximum Gasteiger partial charge on any atom is 0.252 e. The van der Waals surface area contributed by atoms with Crippen LogP contribution in [0.4, 0.5) is 0 Å². The Hall–Kier alpha value is -1.01. The third-order valence-electron chi connectivity index (χ3n) is 3.92. The van der Waals surface area contributed by atoms with Crippen LogP contribution in [-0.2, 0) is 9.53 Å². The van der Waals surface area contributed by atoms with Gasteiger partial charge in [0.25, 0.3) is 5.91 Å². The molecule has 1 fully saturated rings. The van der Waals surface area contributed by atoms with Crippen molar-refractivity contribution in [2.45, 2.75) is 31.5 Å². The minimum absolute atomic E-state index is 0. The molecule has 2 rings (SSSR count). The van der Waals surface area contributed by atoms with Crippen LogP contribution in [-0.4, -0.2) is 44.4 Å². The first kappa shape index (κ1) is 20.0. The molecule has 0 radical (unpaired) electrons. The van der Waals surface area contributed by atoms with E-state index >= 15 is 0 Å². The Morgan fingerprint density at radius 2 is 1.96 bits per heavy atom. The van der Waals surface area contributed by atoms with Crippen molar-refractivity contribution in [2.24, 2.45) is 0 Å². The Morgan fingerprint density at radius 1 is 1.35 bits per heavy atom. The van der Waals surface area contributed by atoms with Crippen LogP contribution < -0.4 is 15.4 Å². The lowest BCUT2D eigenvalue weighted by Gasteiger charge is -2.35. The van der Waals surface area contributed by atoms with Crippen LogP contribution in [0, 0.1) is 0 Å². The highest BCUT2D eigenvalue weighted by atomic mass is 35.5. The lowest BCUT2D eigenvalue weighted by molar-refractivity contribution is -0.147. The summed E-state index contributed by atoms with van der Waals surface area (Å²) in [6.07, 6.45) is 1.23. The molecule has 0 spiro atoms. The van der Waals surface area contributed by atoms with Crippen molar-refractivity contribution in [2.75, 3.05) is 26.7 Å². The first-order valence-electron chi connectivity index (χ1n) is 7.52. The number of benzene rings is 1. The van der Waals surface area contributed by atoms with Gasteiger partial charge in [-0.3, -0.25) is 4.79 Å². The highest BCUT2D eigenvalue weighted by Crippen LogP contribution is 2.22. The Bertz CT molecular complexity index is 491. The Kier molecular flexibility index (Phi) is 8.12. The molecule has 1 aromatic rings. The van der Waals surface area contributed by atoms with Crippen LogP contribution in [0.1, 0.15) is 19.8 Å². The molecule has 1 atom stereocenters. The summed E-state index contributed by atoms with van der Waals surface area (Å²) < 4.78 is 11.2. The predicted octanol–water partition coefficient (Wildman–Crippen LogP) is 2.41. The largest absolute Gasteiger partial charge is 0.489 e. The van der Waals surface area contributed by atoms with E-state index in [-0.39, 0.29) is 24.4 Å². The van der Waals surface area contributed by atoms with E-state index in [1.54, 1.807) is 19.2 Å². The number of hydrogen-bond donors (Lipinski definition) is 2. The molecule has 5 nitrogen and oxygen atoms in total. The van der Waals surface area contributed by atoms with Crippen molar-refractivity contribution < 1.29 is 14.3 Å². The molecule has 0 saturated carbocycles.